The molecule has 0 aliphatic heterocycles. The number of nitrogens with one attached hydrogen (secondary N) is 1. The summed E-state index contributed by atoms with van der Waals surface area (Å²) >= 11 is 6.12. The number of hydrogen-bond donors (Lipinski definition) is 2. The monoisotopic (exact) mass is 407 g/mol. The topological polar surface area (TPSA) is 75.6 Å². The van der Waals surface area contributed by atoms with Crippen molar-refractivity contribution < 1.29 is 19.4 Å². The molecule has 0 bridgehead atoms. The zero-order chi connectivity index (χ0) is 20.8. The molecule has 3 rings (SSSR count). The second-order valence-electron chi connectivity index (χ2n) is 6.24. The van der Waals surface area contributed by atoms with Crippen LogP contribution in [-0.2, 0) is 4.79 Å². The summed E-state index contributed by atoms with van der Waals surface area (Å²) in [6.45, 7) is 1.84. The van der Waals surface area contributed by atoms with Crippen molar-refractivity contribution >= 4 is 29.6 Å². The standard InChI is InChI=1S/C23H18ClNO4/c1-15-13-16(11-12-20(15)29-21-10-6-5-9-18(21)24)14-19(23(27)28)25-22(26)17-7-3-2-4-8-17/h2-14H,1H3,(H,25,26)(H,27,28). The number of aliphatic carboxylic acids is 1. The van der Waals surface area contributed by atoms with Gasteiger partial charge in [0.2, 0.25) is 0 Å². The number of carboxylic acids is 1. The van der Waals surface area contributed by atoms with E-state index >= 15 is 0 Å². The minimum absolute atomic E-state index is 0.224. The van der Waals surface area contributed by atoms with E-state index in [4.69, 9.17) is 16.3 Å². The number of halogens is 1. The van der Waals surface area contributed by atoms with Crippen molar-refractivity contribution in [2.24, 2.45) is 0 Å². The first-order chi connectivity index (χ1) is 13.9. The highest BCUT2D eigenvalue weighted by Gasteiger charge is 2.14. The maximum atomic E-state index is 12.3. The van der Waals surface area contributed by atoms with Crippen LogP contribution in [0, 0.1) is 6.92 Å². The summed E-state index contributed by atoms with van der Waals surface area (Å²) in [6.07, 6.45) is 1.40. The Morgan fingerprint density at radius 2 is 1.66 bits per heavy atom. The molecule has 2 N–H and O–H groups in total. The van der Waals surface area contributed by atoms with Gasteiger partial charge in [-0.3, -0.25) is 4.79 Å². The fourth-order valence-corrected chi connectivity index (χ4v) is 2.80. The predicted molar refractivity (Wildman–Crippen MR) is 112 cm³/mol. The first-order valence-corrected chi connectivity index (χ1v) is 9.16. The Hall–Kier alpha value is -3.57. The van der Waals surface area contributed by atoms with Crippen molar-refractivity contribution in [2.75, 3.05) is 0 Å². The number of amides is 1. The summed E-state index contributed by atoms with van der Waals surface area (Å²) in [5.41, 5.74) is 1.55. The lowest BCUT2D eigenvalue weighted by atomic mass is 10.1. The maximum absolute atomic E-state index is 12.3. The summed E-state index contributed by atoms with van der Waals surface area (Å²) in [5.74, 6) is -0.597. The maximum Gasteiger partial charge on any atom is 0.352 e. The van der Waals surface area contributed by atoms with Crippen LogP contribution in [-0.4, -0.2) is 17.0 Å². The molecule has 0 fully saturated rings. The molecule has 0 atom stereocenters. The molecule has 6 heteroatoms. The average molecular weight is 408 g/mol. The Morgan fingerprint density at radius 1 is 0.966 bits per heavy atom. The van der Waals surface area contributed by atoms with E-state index in [0.29, 0.717) is 27.6 Å². The van der Waals surface area contributed by atoms with Gasteiger partial charge in [0.15, 0.2) is 0 Å². The van der Waals surface area contributed by atoms with Crippen molar-refractivity contribution in [2.45, 2.75) is 6.92 Å². The number of benzene rings is 3. The van der Waals surface area contributed by atoms with Gasteiger partial charge in [-0.2, -0.15) is 0 Å². The van der Waals surface area contributed by atoms with Crippen molar-refractivity contribution in [1.29, 1.82) is 0 Å². The van der Waals surface area contributed by atoms with Gasteiger partial charge in [-0.1, -0.05) is 48.0 Å². The highest BCUT2D eigenvalue weighted by atomic mass is 35.5. The first kappa shape index (κ1) is 20.2. The van der Waals surface area contributed by atoms with Crippen molar-refractivity contribution in [3.05, 3.63) is 100 Å². The van der Waals surface area contributed by atoms with Crippen molar-refractivity contribution in [1.82, 2.24) is 5.32 Å². The lowest BCUT2D eigenvalue weighted by Crippen LogP contribution is -2.27. The number of carboxylic acid groups (broad SMARTS) is 1. The van der Waals surface area contributed by atoms with Crippen LogP contribution in [0.3, 0.4) is 0 Å². The van der Waals surface area contributed by atoms with Crippen LogP contribution in [0.5, 0.6) is 11.5 Å². The Kier molecular flexibility index (Phi) is 6.32. The number of carbonyl (C=O) groups excluding carboxylic acids is 1. The molecule has 5 nitrogen and oxygen atoms in total. The summed E-state index contributed by atoms with van der Waals surface area (Å²) < 4.78 is 5.83. The third-order valence-corrected chi connectivity index (χ3v) is 4.39. The largest absolute Gasteiger partial charge is 0.477 e. The lowest BCUT2D eigenvalue weighted by Gasteiger charge is -2.11. The summed E-state index contributed by atoms with van der Waals surface area (Å²) in [4.78, 5) is 23.8. The molecule has 0 aliphatic rings. The van der Waals surface area contributed by atoms with E-state index in [-0.39, 0.29) is 5.70 Å². The van der Waals surface area contributed by atoms with Crippen LogP contribution in [0.15, 0.2) is 78.5 Å². The van der Waals surface area contributed by atoms with Gasteiger partial charge in [0.1, 0.15) is 17.2 Å². The number of para-hydroxylation sites is 1. The van der Waals surface area contributed by atoms with Gasteiger partial charge >= 0.3 is 5.97 Å². The fourth-order valence-electron chi connectivity index (χ4n) is 2.62. The van der Waals surface area contributed by atoms with Crippen LogP contribution in [0.25, 0.3) is 6.08 Å². The van der Waals surface area contributed by atoms with Crippen LogP contribution < -0.4 is 10.1 Å². The first-order valence-electron chi connectivity index (χ1n) is 8.78. The molecular weight excluding hydrogens is 390 g/mol. The average Bonchev–Trinajstić information content (AvgIpc) is 2.71. The number of rotatable bonds is 6. The molecule has 0 radical (unpaired) electrons. The summed E-state index contributed by atoms with van der Waals surface area (Å²) in [6, 6.07) is 20.7. The molecule has 0 heterocycles. The summed E-state index contributed by atoms with van der Waals surface area (Å²) in [5, 5.41) is 12.4. The molecule has 0 aromatic heterocycles. The third-order valence-electron chi connectivity index (χ3n) is 4.08. The molecule has 1 amide bonds. The second-order valence-corrected chi connectivity index (χ2v) is 6.65. The van der Waals surface area contributed by atoms with Crippen molar-refractivity contribution in [3.8, 4) is 11.5 Å². The van der Waals surface area contributed by atoms with Gasteiger partial charge < -0.3 is 15.2 Å². The van der Waals surface area contributed by atoms with E-state index in [0.717, 1.165) is 5.56 Å². The van der Waals surface area contributed by atoms with Gasteiger partial charge in [0.05, 0.1) is 5.02 Å². The lowest BCUT2D eigenvalue weighted by molar-refractivity contribution is -0.132. The van der Waals surface area contributed by atoms with Crippen LogP contribution in [0.1, 0.15) is 21.5 Å². The Morgan fingerprint density at radius 3 is 2.31 bits per heavy atom. The molecule has 3 aromatic carbocycles. The Labute approximate surface area is 173 Å². The number of carbonyl (C=O) groups is 2. The second kappa shape index (κ2) is 9.08. The molecule has 0 unspecified atom stereocenters. The van der Waals surface area contributed by atoms with Crippen LogP contribution in [0.2, 0.25) is 5.02 Å². The number of aryl methyl sites for hydroxylation is 1. The smallest absolute Gasteiger partial charge is 0.352 e. The predicted octanol–water partition coefficient (Wildman–Crippen LogP) is 5.30. The van der Waals surface area contributed by atoms with E-state index in [1.54, 1.807) is 60.7 Å². The van der Waals surface area contributed by atoms with E-state index in [9.17, 15) is 14.7 Å². The van der Waals surface area contributed by atoms with Crippen LogP contribution >= 0.6 is 11.6 Å². The van der Waals surface area contributed by atoms with Gasteiger partial charge in [0, 0.05) is 5.56 Å². The molecule has 146 valence electrons. The Balaban J connectivity index is 1.81. The highest BCUT2D eigenvalue weighted by molar-refractivity contribution is 6.32. The summed E-state index contributed by atoms with van der Waals surface area (Å²) in [7, 11) is 0. The number of ether oxygens (including phenoxy) is 1. The zero-order valence-electron chi connectivity index (χ0n) is 15.6. The molecule has 29 heavy (non-hydrogen) atoms. The van der Waals surface area contributed by atoms with E-state index in [1.807, 2.05) is 19.1 Å². The quantitative estimate of drug-likeness (QED) is 0.544. The minimum atomic E-state index is -1.23. The normalized spacial score (nSPS) is 11.0. The Bertz CT molecular complexity index is 1080. The SMILES string of the molecule is Cc1cc(C=C(NC(=O)c2ccccc2)C(=O)O)ccc1Oc1ccccc1Cl. The minimum Gasteiger partial charge on any atom is -0.477 e. The molecule has 0 spiro atoms. The van der Waals surface area contributed by atoms with E-state index < -0.39 is 11.9 Å². The molecular formula is C23H18ClNO4. The van der Waals surface area contributed by atoms with Gasteiger partial charge in [0.25, 0.3) is 5.91 Å². The van der Waals surface area contributed by atoms with Gasteiger partial charge in [-0.15, -0.1) is 0 Å². The zero-order valence-corrected chi connectivity index (χ0v) is 16.3. The molecule has 0 saturated carbocycles. The fraction of sp³-hybridized carbons (Fsp3) is 0.0435. The van der Waals surface area contributed by atoms with Crippen LogP contribution in [0.4, 0.5) is 0 Å². The molecule has 0 aliphatic carbocycles. The molecule has 0 saturated heterocycles. The van der Waals surface area contributed by atoms with E-state index in [2.05, 4.69) is 5.32 Å². The molecule has 3 aromatic rings. The highest BCUT2D eigenvalue weighted by Crippen LogP contribution is 2.31. The third kappa shape index (κ3) is 5.24. The van der Waals surface area contributed by atoms with E-state index in [1.165, 1.54) is 6.08 Å². The van der Waals surface area contributed by atoms with Crippen molar-refractivity contribution in [3.63, 3.8) is 0 Å². The van der Waals surface area contributed by atoms with Gasteiger partial charge in [-0.05, 0) is 60.5 Å². The number of hydrogen-bond acceptors (Lipinski definition) is 3. The van der Waals surface area contributed by atoms with Gasteiger partial charge in [-0.25, -0.2) is 4.79 Å².